The molecule has 0 spiro atoms. The number of amides is 1. The molecule has 1 atom stereocenters. The number of hydrogen-bond acceptors (Lipinski definition) is 4. The van der Waals surface area contributed by atoms with Gasteiger partial charge in [-0.3, -0.25) is 9.69 Å². The third kappa shape index (κ3) is 3.59. The average Bonchev–Trinajstić information content (AvgIpc) is 2.93. The Morgan fingerprint density at radius 3 is 2.47 bits per heavy atom. The van der Waals surface area contributed by atoms with E-state index in [0.29, 0.717) is 23.1 Å². The van der Waals surface area contributed by atoms with E-state index in [1.54, 1.807) is 6.92 Å². The normalized spacial score (nSPS) is 18.3. The van der Waals surface area contributed by atoms with E-state index < -0.39 is 23.9 Å². The van der Waals surface area contributed by atoms with Crippen molar-refractivity contribution in [3.63, 3.8) is 0 Å². The van der Waals surface area contributed by atoms with Gasteiger partial charge in [-0.05, 0) is 47.9 Å². The van der Waals surface area contributed by atoms with Crippen LogP contribution >= 0.6 is 0 Å². The lowest BCUT2D eigenvalue weighted by molar-refractivity contribution is -0.129. The molecule has 1 amide bonds. The molecule has 0 aromatic heterocycles. The molecule has 1 aliphatic heterocycles. The molecule has 1 unspecified atom stereocenters. The lowest BCUT2D eigenvalue weighted by atomic mass is 9.81. The standard InChI is InChI=1S/C22H20F3N3O2/c1-4-5-6-14-12-16(7-9-17(14)23)22(19(29)28(3)21(26)27-22)15-8-10-18(13(2)11-15)30-20(24)25/h7-12,20H,4H2,1-3H3,(H2,26,27). The Labute approximate surface area is 172 Å². The van der Waals surface area contributed by atoms with Gasteiger partial charge in [-0.2, -0.15) is 8.78 Å². The number of guanidine groups is 1. The third-order valence-corrected chi connectivity index (χ3v) is 4.83. The van der Waals surface area contributed by atoms with Gasteiger partial charge in [0, 0.05) is 13.5 Å². The molecule has 2 aromatic carbocycles. The van der Waals surface area contributed by atoms with E-state index in [1.807, 2.05) is 6.92 Å². The predicted molar refractivity (Wildman–Crippen MR) is 107 cm³/mol. The van der Waals surface area contributed by atoms with E-state index in [-0.39, 0.29) is 17.3 Å². The van der Waals surface area contributed by atoms with Crippen LogP contribution in [0.2, 0.25) is 0 Å². The predicted octanol–water partition coefficient (Wildman–Crippen LogP) is 3.53. The third-order valence-electron chi connectivity index (χ3n) is 4.83. The highest BCUT2D eigenvalue weighted by atomic mass is 19.3. The Morgan fingerprint density at radius 1 is 1.23 bits per heavy atom. The van der Waals surface area contributed by atoms with Gasteiger partial charge in [0.25, 0.3) is 5.91 Å². The summed E-state index contributed by atoms with van der Waals surface area (Å²) in [6.45, 7) is 0.435. The van der Waals surface area contributed by atoms with E-state index >= 15 is 0 Å². The topological polar surface area (TPSA) is 67.9 Å². The van der Waals surface area contributed by atoms with Gasteiger partial charge < -0.3 is 10.5 Å². The number of nitrogens with two attached hydrogens (primary N) is 1. The largest absolute Gasteiger partial charge is 0.435 e. The summed E-state index contributed by atoms with van der Waals surface area (Å²) in [6.07, 6.45) is 0.534. The second-order valence-corrected chi connectivity index (χ2v) is 6.75. The first-order valence-electron chi connectivity index (χ1n) is 9.19. The Hall–Kier alpha value is -3.47. The highest BCUT2D eigenvalue weighted by molar-refractivity contribution is 6.09. The fourth-order valence-electron chi connectivity index (χ4n) is 3.32. The number of aryl methyl sites for hydroxylation is 1. The Kier molecular flexibility index (Phi) is 5.74. The number of ether oxygens (including phenoxy) is 1. The summed E-state index contributed by atoms with van der Waals surface area (Å²) in [4.78, 5) is 18.9. The number of likely N-dealkylation sites (N-methyl/N-ethyl adjacent to an activating group) is 1. The number of hydrogen-bond donors (Lipinski definition) is 1. The van der Waals surface area contributed by atoms with Crippen LogP contribution in [0, 0.1) is 24.6 Å². The molecule has 0 saturated heterocycles. The van der Waals surface area contributed by atoms with Crippen molar-refractivity contribution < 1.29 is 22.7 Å². The SMILES string of the molecule is CCC#Cc1cc(C2(c3ccc(OC(F)F)c(C)c3)N=C(N)N(C)C2=O)ccc1F. The van der Waals surface area contributed by atoms with Crippen molar-refractivity contribution in [2.75, 3.05) is 7.05 Å². The summed E-state index contributed by atoms with van der Waals surface area (Å²) in [5.41, 5.74) is 5.60. The van der Waals surface area contributed by atoms with E-state index in [9.17, 15) is 18.0 Å². The Balaban J connectivity index is 2.23. The number of halogens is 3. The molecular weight excluding hydrogens is 395 g/mol. The van der Waals surface area contributed by atoms with Gasteiger partial charge in [-0.15, -0.1) is 0 Å². The number of rotatable bonds is 4. The molecule has 2 N–H and O–H groups in total. The van der Waals surface area contributed by atoms with Crippen molar-refractivity contribution >= 4 is 11.9 Å². The molecule has 0 fully saturated rings. The van der Waals surface area contributed by atoms with Crippen LogP contribution in [0.25, 0.3) is 0 Å². The number of alkyl halides is 2. The van der Waals surface area contributed by atoms with E-state index in [2.05, 4.69) is 21.6 Å². The number of aliphatic imine (C=N–C) groups is 1. The zero-order chi connectivity index (χ0) is 22.1. The molecule has 1 heterocycles. The Morgan fingerprint density at radius 2 is 1.90 bits per heavy atom. The van der Waals surface area contributed by atoms with Crippen LogP contribution in [0.3, 0.4) is 0 Å². The van der Waals surface area contributed by atoms with E-state index in [4.69, 9.17) is 5.73 Å². The molecule has 0 radical (unpaired) electrons. The van der Waals surface area contributed by atoms with Crippen LogP contribution in [0.5, 0.6) is 5.75 Å². The summed E-state index contributed by atoms with van der Waals surface area (Å²) in [5, 5.41) is 0. The smallest absolute Gasteiger partial charge is 0.387 e. The molecule has 8 heteroatoms. The molecule has 3 rings (SSSR count). The first-order valence-corrected chi connectivity index (χ1v) is 9.19. The lowest BCUT2D eigenvalue weighted by Gasteiger charge is -2.27. The molecular formula is C22H20F3N3O2. The highest BCUT2D eigenvalue weighted by Crippen LogP contribution is 2.41. The maximum absolute atomic E-state index is 14.3. The van der Waals surface area contributed by atoms with Crippen LogP contribution in [-0.4, -0.2) is 30.4 Å². The minimum atomic E-state index is -2.98. The molecule has 0 saturated carbocycles. The van der Waals surface area contributed by atoms with Crippen LogP contribution in [0.4, 0.5) is 13.2 Å². The van der Waals surface area contributed by atoms with Crippen LogP contribution < -0.4 is 10.5 Å². The summed E-state index contributed by atoms with van der Waals surface area (Å²) >= 11 is 0. The number of carbonyl (C=O) groups is 1. The second-order valence-electron chi connectivity index (χ2n) is 6.75. The Bertz CT molecular complexity index is 1090. The van der Waals surface area contributed by atoms with Gasteiger partial charge in [0.15, 0.2) is 11.5 Å². The fourth-order valence-corrected chi connectivity index (χ4v) is 3.32. The zero-order valence-electron chi connectivity index (χ0n) is 16.7. The average molecular weight is 415 g/mol. The number of nitrogens with zero attached hydrogens (tertiary/aromatic N) is 2. The maximum Gasteiger partial charge on any atom is 0.387 e. The van der Waals surface area contributed by atoms with Gasteiger partial charge in [-0.1, -0.05) is 30.9 Å². The lowest BCUT2D eigenvalue weighted by Crippen LogP contribution is -2.41. The van der Waals surface area contributed by atoms with Crippen LogP contribution in [0.15, 0.2) is 41.4 Å². The summed E-state index contributed by atoms with van der Waals surface area (Å²) in [7, 11) is 1.48. The monoisotopic (exact) mass is 415 g/mol. The first kappa shape index (κ1) is 21.2. The van der Waals surface area contributed by atoms with Crippen molar-refractivity contribution in [2.24, 2.45) is 10.7 Å². The van der Waals surface area contributed by atoms with Crippen molar-refractivity contribution in [2.45, 2.75) is 32.4 Å². The number of carbonyl (C=O) groups excluding carboxylic acids is 1. The highest BCUT2D eigenvalue weighted by Gasteiger charge is 2.49. The molecule has 0 aliphatic carbocycles. The van der Waals surface area contributed by atoms with Gasteiger partial charge in [0.2, 0.25) is 0 Å². The minimum Gasteiger partial charge on any atom is -0.435 e. The molecule has 2 aromatic rings. The summed E-state index contributed by atoms with van der Waals surface area (Å²) in [5.74, 6) is 4.53. The van der Waals surface area contributed by atoms with Gasteiger partial charge in [-0.25, -0.2) is 9.38 Å². The van der Waals surface area contributed by atoms with Crippen molar-refractivity contribution in [3.05, 3.63) is 64.5 Å². The van der Waals surface area contributed by atoms with E-state index in [1.165, 1.54) is 48.3 Å². The second kappa shape index (κ2) is 8.11. The maximum atomic E-state index is 14.3. The van der Waals surface area contributed by atoms with Gasteiger partial charge in [0.1, 0.15) is 11.6 Å². The van der Waals surface area contributed by atoms with Crippen molar-refractivity contribution in [3.8, 4) is 17.6 Å². The summed E-state index contributed by atoms with van der Waals surface area (Å²) < 4.78 is 44.0. The van der Waals surface area contributed by atoms with Crippen LogP contribution in [-0.2, 0) is 10.3 Å². The quantitative estimate of drug-likeness (QED) is 0.777. The molecule has 0 bridgehead atoms. The van der Waals surface area contributed by atoms with Gasteiger partial charge in [0.05, 0.1) is 5.56 Å². The number of benzene rings is 2. The van der Waals surface area contributed by atoms with Gasteiger partial charge >= 0.3 is 6.61 Å². The molecule has 156 valence electrons. The van der Waals surface area contributed by atoms with E-state index in [0.717, 1.165) is 0 Å². The fraction of sp³-hybridized carbons (Fsp3) is 0.273. The summed E-state index contributed by atoms with van der Waals surface area (Å²) in [6, 6.07) is 8.47. The van der Waals surface area contributed by atoms with Crippen molar-refractivity contribution in [1.29, 1.82) is 0 Å². The van der Waals surface area contributed by atoms with Crippen molar-refractivity contribution in [1.82, 2.24) is 4.90 Å². The first-order chi connectivity index (χ1) is 14.2. The molecule has 5 nitrogen and oxygen atoms in total. The van der Waals surface area contributed by atoms with Crippen LogP contribution in [0.1, 0.15) is 35.6 Å². The minimum absolute atomic E-state index is 0.0175. The molecule has 1 aliphatic rings. The zero-order valence-corrected chi connectivity index (χ0v) is 16.7. The molecule has 30 heavy (non-hydrogen) atoms.